The van der Waals surface area contributed by atoms with Gasteiger partial charge >= 0.3 is 5.97 Å². The predicted molar refractivity (Wildman–Crippen MR) is 146 cm³/mol. The van der Waals surface area contributed by atoms with E-state index in [4.69, 9.17) is 14.3 Å². The van der Waals surface area contributed by atoms with Crippen molar-refractivity contribution in [2.75, 3.05) is 12.2 Å². The van der Waals surface area contributed by atoms with Crippen LogP contribution in [0.5, 0.6) is 11.5 Å². The molecule has 4 aromatic rings. The monoisotopic (exact) mass is 552 g/mol. The summed E-state index contributed by atoms with van der Waals surface area (Å²) in [5.41, 5.74) is 2.31. The number of hydrogen-bond acceptors (Lipinski definition) is 7. The van der Waals surface area contributed by atoms with Gasteiger partial charge in [0.25, 0.3) is 5.91 Å². The van der Waals surface area contributed by atoms with Gasteiger partial charge in [-0.25, -0.2) is 14.2 Å². The highest BCUT2D eigenvalue weighted by molar-refractivity contribution is 6.07. The van der Waals surface area contributed by atoms with Crippen LogP contribution in [-0.2, 0) is 21.0 Å². The number of hydroxylamine groups is 1. The predicted octanol–water partition coefficient (Wildman–Crippen LogP) is 5.10. The van der Waals surface area contributed by atoms with Crippen LogP contribution in [0.3, 0.4) is 0 Å². The lowest BCUT2D eigenvalue weighted by Crippen LogP contribution is -2.36. The molecule has 0 radical (unpaired) electrons. The van der Waals surface area contributed by atoms with Crippen molar-refractivity contribution in [1.29, 1.82) is 0 Å². The van der Waals surface area contributed by atoms with E-state index in [9.17, 15) is 18.8 Å². The van der Waals surface area contributed by atoms with Crippen molar-refractivity contribution in [2.24, 2.45) is 5.92 Å². The van der Waals surface area contributed by atoms with E-state index in [1.54, 1.807) is 23.3 Å². The fourth-order valence-corrected chi connectivity index (χ4v) is 5.23. The Morgan fingerprint density at radius 2 is 1.54 bits per heavy atom. The number of rotatable bonds is 7. The number of benzene rings is 4. The van der Waals surface area contributed by atoms with Gasteiger partial charge in [-0.05, 0) is 59.7 Å². The molecule has 8 nitrogen and oxygen atoms in total. The molecule has 206 valence electrons. The Bertz CT molecular complexity index is 1600. The number of halogens is 1. The zero-order valence-electron chi connectivity index (χ0n) is 22.0. The molecular formula is C32H25FN2O6. The van der Waals surface area contributed by atoms with Crippen LogP contribution < -0.4 is 14.5 Å². The minimum absolute atomic E-state index is 0.145. The molecule has 41 heavy (non-hydrogen) atoms. The van der Waals surface area contributed by atoms with Crippen molar-refractivity contribution in [3.05, 3.63) is 126 Å². The number of amides is 2. The van der Waals surface area contributed by atoms with Crippen LogP contribution in [0.2, 0.25) is 0 Å². The Morgan fingerprint density at radius 3 is 2.22 bits per heavy atom. The lowest BCUT2D eigenvalue weighted by atomic mass is 9.90. The summed E-state index contributed by atoms with van der Waals surface area (Å²) in [6.07, 6.45) is -1.00. The summed E-state index contributed by atoms with van der Waals surface area (Å²) in [7, 11) is 1.43. The third-order valence-electron chi connectivity index (χ3n) is 7.21. The van der Waals surface area contributed by atoms with Gasteiger partial charge in [0.1, 0.15) is 11.7 Å². The van der Waals surface area contributed by atoms with Crippen LogP contribution in [0.1, 0.15) is 27.5 Å². The second kappa shape index (κ2) is 10.9. The molecule has 0 N–H and O–H groups in total. The molecule has 2 aliphatic rings. The summed E-state index contributed by atoms with van der Waals surface area (Å²) >= 11 is 0. The lowest BCUT2D eigenvalue weighted by molar-refractivity contribution is -0.143. The number of carbonyl (C=O) groups excluding carboxylic acids is 3. The maximum atomic E-state index is 13.8. The Kier molecular flexibility index (Phi) is 6.94. The van der Waals surface area contributed by atoms with E-state index in [2.05, 4.69) is 0 Å². The van der Waals surface area contributed by atoms with Gasteiger partial charge in [-0.15, -0.1) is 0 Å². The average molecular weight is 553 g/mol. The van der Waals surface area contributed by atoms with Crippen LogP contribution in [0.15, 0.2) is 103 Å². The maximum Gasteiger partial charge on any atom is 0.343 e. The van der Waals surface area contributed by atoms with Crippen LogP contribution in [-0.4, -0.2) is 35.9 Å². The van der Waals surface area contributed by atoms with Gasteiger partial charge in [-0.3, -0.25) is 19.3 Å². The highest BCUT2D eigenvalue weighted by atomic mass is 19.1. The number of ether oxygens (including phenoxy) is 2. The van der Waals surface area contributed by atoms with Gasteiger partial charge in [0, 0.05) is 0 Å². The molecule has 2 heterocycles. The van der Waals surface area contributed by atoms with Crippen molar-refractivity contribution in [2.45, 2.75) is 18.7 Å². The SMILES string of the molecule is COc1cc([C@@H]2[C@@H]3C(=O)N(Cc4ccccc4)C(=O)[C@@H]3ON2c2ccccc2)ccc1OC(=O)c1ccc(F)cc1. The van der Waals surface area contributed by atoms with Crippen LogP contribution in [0, 0.1) is 11.7 Å². The molecule has 0 spiro atoms. The van der Waals surface area contributed by atoms with E-state index < -0.39 is 35.8 Å². The zero-order chi connectivity index (χ0) is 28.5. The first-order valence-electron chi connectivity index (χ1n) is 13.0. The summed E-state index contributed by atoms with van der Waals surface area (Å²) in [6.45, 7) is 0.147. The number of esters is 1. The molecule has 6 rings (SSSR count). The first kappa shape index (κ1) is 26.2. The minimum Gasteiger partial charge on any atom is -0.493 e. The number of carbonyl (C=O) groups is 3. The summed E-state index contributed by atoms with van der Waals surface area (Å²) in [4.78, 5) is 47.3. The molecule has 9 heteroatoms. The first-order chi connectivity index (χ1) is 19.9. The third kappa shape index (κ3) is 4.92. The van der Waals surface area contributed by atoms with Crippen molar-refractivity contribution in [1.82, 2.24) is 4.90 Å². The lowest BCUT2D eigenvalue weighted by Gasteiger charge is -2.29. The summed E-state index contributed by atoms with van der Waals surface area (Å²) in [5, 5.41) is 1.59. The number of hydrogen-bond donors (Lipinski definition) is 0. The highest BCUT2D eigenvalue weighted by Crippen LogP contribution is 2.48. The van der Waals surface area contributed by atoms with Gasteiger partial charge < -0.3 is 9.47 Å². The Labute approximate surface area is 235 Å². The average Bonchev–Trinajstić information content (AvgIpc) is 3.50. The molecule has 4 aromatic carbocycles. The second-order valence-corrected chi connectivity index (χ2v) is 9.71. The van der Waals surface area contributed by atoms with Gasteiger partial charge in [0.05, 0.1) is 30.9 Å². The summed E-state index contributed by atoms with van der Waals surface area (Å²) in [5.74, 6) is -2.31. The number of fused-ring (bicyclic) bond motifs is 1. The number of likely N-dealkylation sites (tertiary alicyclic amines) is 1. The molecule has 2 fully saturated rings. The summed E-state index contributed by atoms with van der Waals surface area (Å²) in [6, 6.07) is 27.8. The quantitative estimate of drug-likeness (QED) is 0.179. The van der Waals surface area contributed by atoms with Crippen LogP contribution >= 0.6 is 0 Å². The van der Waals surface area contributed by atoms with E-state index in [-0.39, 0.29) is 29.5 Å². The number of imide groups is 1. The van der Waals surface area contributed by atoms with Gasteiger partial charge in [0.2, 0.25) is 5.91 Å². The molecule has 0 bridgehead atoms. The molecule has 3 atom stereocenters. The van der Waals surface area contributed by atoms with E-state index in [1.807, 2.05) is 60.7 Å². The molecule has 0 unspecified atom stereocenters. The van der Waals surface area contributed by atoms with Crippen molar-refractivity contribution >= 4 is 23.5 Å². The first-order valence-corrected chi connectivity index (χ1v) is 13.0. The van der Waals surface area contributed by atoms with Crippen LogP contribution in [0.25, 0.3) is 0 Å². The third-order valence-corrected chi connectivity index (χ3v) is 7.21. The molecular weight excluding hydrogens is 527 g/mol. The van der Waals surface area contributed by atoms with E-state index in [1.165, 1.54) is 36.3 Å². The Balaban J connectivity index is 1.34. The normalized spacial score (nSPS) is 19.8. The standard InChI is InChI=1S/C32H25FN2O6/c1-39-26-18-22(14-17-25(26)40-32(38)21-12-15-23(33)16-13-21)28-27-29(41-35(28)24-10-6-3-7-11-24)31(37)34(30(27)36)19-20-8-4-2-5-9-20/h2-18,27-29H,19H2,1H3/t27-,28+,29+/m0/s1. The topological polar surface area (TPSA) is 85.4 Å². The number of nitrogens with zero attached hydrogens (tertiary/aromatic N) is 2. The smallest absolute Gasteiger partial charge is 0.343 e. The largest absolute Gasteiger partial charge is 0.493 e. The fourth-order valence-electron chi connectivity index (χ4n) is 5.23. The summed E-state index contributed by atoms with van der Waals surface area (Å²) < 4.78 is 24.4. The van der Waals surface area contributed by atoms with Crippen molar-refractivity contribution in [3.8, 4) is 11.5 Å². The Morgan fingerprint density at radius 1 is 0.854 bits per heavy atom. The molecule has 2 aliphatic heterocycles. The fraction of sp³-hybridized carbons (Fsp3) is 0.156. The molecule has 2 amide bonds. The zero-order valence-corrected chi connectivity index (χ0v) is 22.0. The van der Waals surface area contributed by atoms with Gasteiger partial charge in [0.15, 0.2) is 17.6 Å². The maximum absolute atomic E-state index is 13.8. The van der Waals surface area contributed by atoms with Crippen molar-refractivity contribution < 1.29 is 33.1 Å². The molecule has 0 saturated carbocycles. The number of anilines is 1. The second-order valence-electron chi connectivity index (χ2n) is 9.71. The van der Waals surface area contributed by atoms with Crippen molar-refractivity contribution in [3.63, 3.8) is 0 Å². The number of para-hydroxylation sites is 1. The van der Waals surface area contributed by atoms with E-state index in [0.29, 0.717) is 11.3 Å². The van der Waals surface area contributed by atoms with E-state index in [0.717, 1.165) is 5.56 Å². The molecule has 0 aromatic heterocycles. The molecule has 2 saturated heterocycles. The van der Waals surface area contributed by atoms with Gasteiger partial charge in [-0.1, -0.05) is 54.6 Å². The highest BCUT2D eigenvalue weighted by Gasteiger charge is 2.59. The van der Waals surface area contributed by atoms with Gasteiger partial charge in [-0.2, -0.15) is 0 Å². The van der Waals surface area contributed by atoms with Crippen LogP contribution in [0.4, 0.5) is 10.1 Å². The van der Waals surface area contributed by atoms with E-state index >= 15 is 0 Å². The number of methoxy groups -OCH3 is 1. The minimum atomic E-state index is -1.00. The Hall–Kier alpha value is -5.02. The molecule has 0 aliphatic carbocycles.